The Morgan fingerprint density at radius 3 is 2.60 bits per heavy atom. The number of carbonyl (C=O) groups is 4. The molecule has 0 radical (unpaired) electrons. The molecule has 0 saturated carbocycles. The fraction of sp³-hybridized carbons (Fsp3) is 0.636. The maximum absolute atomic E-state index is 11.9. The molecular weight excluding hydrogens is 268 g/mol. The predicted molar refractivity (Wildman–Crippen MR) is 67.8 cm³/mol. The summed E-state index contributed by atoms with van der Waals surface area (Å²) in [5.41, 5.74) is 0. The third-order valence-electron chi connectivity index (χ3n) is 2.73. The van der Waals surface area contributed by atoms with E-state index in [9.17, 15) is 19.2 Å². The molecule has 1 atom stereocenters. The summed E-state index contributed by atoms with van der Waals surface area (Å²) < 4.78 is 0. The lowest BCUT2D eigenvalue weighted by atomic mass is 10.1. The van der Waals surface area contributed by atoms with E-state index in [0.29, 0.717) is 0 Å². The van der Waals surface area contributed by atoms with Crippen LogP contribution in [0.5, 0.6) is 0 Å². The van der Waals surface area contributed by atoms with Gasteiger partial charge in [0.25, 0.3) is 0 Å². The van der Waals surface area contributed by atoms with Crippen molar-refractivity contribution in [2.75, 3.05) is 26.2 Å². The van der Waals surface area contributed by atoms with Crippen LogP contribution in [0.15, 0.2) is 0 Å². The van der Waals surface area contributed by atoms with Crippen molar-refractivity contribution < 1.29 is 24.3 Å². The molecule has 1 aliphatic rings. The molecule has 1 aliphatic heterocycles. The van der Waals surface area contributed by atoms with Crippen molar-refractivity contribution in [1.29, 1.82) is 0 Å². The average molecular weight is 286 g/mol. The van der Waals surface area contributed by atoms with Gasteiger partial charge in [0.15, 0.2) is 0 Å². The van der Waals surface area contributed by atoms with Gasteiger partial charge in [-0.25, -0.2) is 4.79 Å². The first kappa shape index (κ1) is 15.7. The van der Waals surface area contributed by atoms with Gasteiger partial charge in [-0.1, -0.05) is 0 Å². The third kappa shape index (κ3) is 4.75. The summed E-state index contributed by atoms with van der Waals surface area (Å²) in [6, 6.07) is -1.53. The first-order valence-corrected chi connectivity index (χ1v) is 6.20. The Balaban J connectivity index is 2.52. The molecule has 9 heteroatoms. The summed E-state index contributed by atoms with van der Waals surface area (Å²) in [7, 11) is 0. The van der Waals surface area contributed by atoms with Crippen molar-refractivity contribution in [3.8, 4) is 0 Å². The van der Waals surface area contributed by atoms with Crippen LogP contribution in [0.3, 0.4) is 0 Å². The highest BCUT2D eigenvalue weighted by Gasteiger charge is 2.34. The molecule has 0 spiro atoms. The Labute approximate surface area is 115 Å². The highest BCUT2D eigenvalue weighted by molar-refractivity contribution is 5.91. The maximum Gasteiger partial charge on any atom is 0.318 e. The van der Waals surface area contributed by atoms with Crippen molar-refractivity contribution in [3.63, 3.8) is 0 Å². The van der Waals surface area contributed by atoms with Gasteiger partial charge in [-0.2, -0.15) is 0 Å². The molecule has 9 nitrogen and oxygen atoms in total. The van der Waals surface area contributed by atoms with E-state index in [1.54, 1.807) is 0 Å². The average Bonchev–Trinajstić information content (AvgIpc) is 2.36. The lowest BCUT2D eigenvalue weighted by Crippen LogP contribution is -2.60. The number of aliphatic carboxylic acids is 1. The van der Waals surface area contributed by atoms with Crippen molar-refractivity contribution >= 4 is 23.8 Å². The molecule has 0 bridgehead atoms. The number of nitrogens with one attached hydrogen (secondary N) is 3. The van der Waals surface area contributed by atoms with Gasteiger partial charge in [-0.3, -0.25) is 14.4 Å². The minimum absolute atomic E-state index is 0.205. The molecule has 1 heterocycles. The molecule has 1 saturated heterocycles. The van der Waals surface area contributed by atoms with Crippen LogP contribution in [-0.4, -0.2) is 66.0 Å². The van der Waals surface area contributed by atoms with Gasteiger partial charge in [0, 0.05) is 33.1 Å². The van der Waals surface area contributed by atoms with Crippen LogP contribution in [0, 0.1) is 0 Å². The summed E-state index contributed by atoms with van der Waals surface area (Å²) in [5, 5.41) is 16.3. The number of hydrogen-bond acceptors (Lipinski definition) is 4. The predicted octanol–water partition coefficient (Wildman–Crippen LogP) is -1.89. The van der Waals surface area contributed by atoms with E-state index in [1.807, 2.05) is 0 Å². The van der Waals surface area contributed by atoms with Gasteiger partial charge in [0.2, 0.25) is 11.8 Å². The van der Waals surface area contributed by atoms with Gasteiger partial charge >= 0.3 is 12.0 Å². The minimum Gasteiger partial charge on any atom is -0.481 e. The van der Waals surface area contributed by atoms with Crippen LogP contribution < -0.4 is 16.0 Å². The van der Waals surface area contributed by atoms with Crippen LogP contribution >= 0.6 is 0 Å². The van der Waals surface area contributed by atoms with E-state index in [2.05, 4.69) is 16.0 Å². The second-order valence-electron chi connectivity index (χ2n) is 4.31. The van der Waals surface area contributed by atoms with E-state index in [-0.39, 0.29) is 32.1 Å². The highest BCUT2D eigenvalue weighted by Crippen LogP contribution is 2.09. The first-order chi connectivity index (χ1) is 9.41. The topological polar surface area (TPSA) is 128 Å². The van der Waals surface area contributed by atoms with Crippen molar-refractivity contribution in [1.82, 2.24) is 20.9 Å². The summed E-state index contributed by atoms with van der Waals surface area (Å²) >= 11 is 0. The molecule has 0 aromatic rings. The zero-order valence-electron chi connectivity index (χ0n) is 11.1. The Morgan fingerprint density at radius 2 is 2.00 bits per heavy atom. The molecule has 4 amide bonds. The van der Waals surface area contributed by atoms with E-state index in [0.717, 1.165) is 0 Å². The molecule has 0 aromatic carbocycles. The van der Waals surface area contributed by atoms with E-state index in [4.69, 9.17) is 5.11 Å². The molecular formula is C11H18N4O5. The summed E-state index contributed by atoms with van der Waals surface area (Å²) in [6.07, 6.45) is -0.440. The summed E-state index contributed by atoms with van der Waals surface area (Å²) in [5.74, 6) is -1.83. The molecule has 1 fully saturated rings. The molecule has 1 rings (SSSR count). The van der Waals surface area contributed by atoms with Crippen molar-refractivity contribution in [2.24, 2.45) is 0 Å². The first-order valence-electron chi connectivity index (χ1n) is 6.20. The van der Waals surface area contributed by atoms with Gasteiger partial charge in [-0.05, 0) is 0 Å². The normalized spacial score (nSPS) is 18.1. The second-order valence-corrected chi connectivity index (χ2v) is 4.31. The monoisotopic (exact) mass is 286 g/mol. The van der Waals surface area contributed by atoms with Crippen LogP contribution in [0.25, 0.3) is 0 Å². The lowest BCUT2D eigenvalue weighted by molar-refractivity contribution is -0.142. The van der Waals surface area contributed by atoms with Gasteiger partial charge in [0.1, 0.15) is 6.04 Å². The Morgan fingerprint density at radius 1 is 1.35 bits per heavy atom. The van der Waals surface area contributed by atoms with Crippen molar-refractivity contribution in [3.05, 3.63) is 0 Å². The molecule has 0 aliphatic carbocycles. The summed E-state index contributed by atoms with van der Waals surface area (Å²) in [6.45, 7) is 2.37. The van der Waals surface area contributed by atoms with Crippen LogP contribution in [0.4, 0.5) is 4.79 Å². The number of rotatable bonds is 5. The molecule has 112 valence electrons. The fourth-order valence-corrected chi connectivity index (χ4v) is 1.84. The standard InChI is InChI=1S/C11H18N4O5/c1-7(16)12-2-3-14-11(20)15-5-4-13-10(19)8(15)6-9(17)18/h8H,2-6H2,1H3,(H,12,16)(H,13,19)(H,14,20)(H,17,18). The van der Waals surface area contributed by atoms with Crippen LogP contribution in [0.1, 0.15) is 13.3 Å². The minimum atomic E-state index is -1.15. The van der Waals surface area contributed by atoms with Crippen LogP contribution in [-0.2, 0) is 14.4 Å². The maximum atomic E-state index is 11.9. The lowest BCUT2D eigenvalue weighted by Gasteiger charge is -2.34. The molecule has 4 N–H and O–H groups in total. The van der Waals surface area contributed by atoms with Gasteiger partial charge in [-0.15, -0.1) is 0 Å². The number of amides is 4. The van der Waals surface area contributed by atoms with Gasteiger partial charge in [0.05, 0.1) is 6.42 Å². The summed E-state index contributed by atoms with van der Waals surface area (Å²) in [4.78, 5) is 46.1. The molecule has 20 heavy (non-hydrogen) atoms. The number of carbonyl (C=O) groups excluding carboxylic acids is 3. The zero-order valence-corrected chi connectivity index (χ0v) is 11.1. The fourth-order valence-electron chi connectivity index (χ4n) is 1.84. The number of carboxylic acid groups (broad SMARTS) is 1. The smallest absolute Gasteiger partial charge is 0.318 e. The largest absolute Gasteiger partial charge is 0.481 e. The van der Waals surface area contributed by atoms with Crippen molar-refractivity contribution in [2.45, 2.75) is 19.4 Å². The third-order valence-corrected chi connectivity index (χ3v) is 2.73. The Hall–Kier alpha value is -2.32. The van der Waals surface area contributed by atoms with E-state index >= 15 is 0 Å². The van der Waals surface area contributed by atoms with E-state index in [1.165, 1.54) is 11.8 Å². The number of carboxylic acids is 1. The number of hydrogen-bond donors (Lipinski definition) is 4. The Bertz CT molecular complexity index is 412. The van der Waals surface area contributed by atoms with E-state index < -0.39 is 30.4 Å². The zero-order chi connectivity index (χ0) is 15.1. The quantitative estimate of drug-likeness (QED) is 0.439. The van der Waals surface area contributed by atoms with Gasteiger partial charge < -0.3 is 26.0 Å². The second kappa shape index (κ2) is 7.31. The number of nitrogens with zero attached hydrogens (tertiary/aromatic N) is 1. The number of piperazine rings is 1. The number of urea groups is 1. The Kier molecular flexibility index (Phi) is 5.75. The highest BCUT2D eigenvalue weighted by atomic mass is 16.4. The molecule has 1 unspecified atom stereocenters. The van der Waals surface area contributed by atoms with Crippen LogP contribution in [0.2, 0.25) is 0 Å². The SMILES string of the molecule is CC(=O)NCCNC(=O)N1CCNC(=O)C1CC(=O)O. The molecule has 0 aromatic heterocycles.